The quantitative estimate of drug-likeness (QED) is 0.262. The molecule has 2 heterocycles. The van der Waals surface area contributed by atoms with Crippen molar-refractivity contribution >= 4 is 47.4 Å². The number of nitrogens with zero attached hydrogens (tertiary/aromatic N) is 3. The maximum absolute atomic E-state index is 10.1. The Kier molecular flexibility index (Phi) is 10.0. The summed E-state index contributed by atoms with van der Waals surface area (Å²) in [6, 6.07) is 3.96. The minimum atomic E-state index is -0.577. The molecule has 7 nitrogen and oxygen atoms in total. The lowest BCUT2D eigenvalue weighted by Crippen LogP contribution is -2.45. The highest BCUT2D eigenvalue weighted by Gasteiger charge is 2.25. The molecule has 0 bridgehead atoms. The molecule has 28 heavy (non-hydrogen) atoms. The Bertz CT molecular complexity index is 632. The minimum absolute atomic E-state index is 0. The molecule has 1 aromatic rings. The van der Waals surface area contributed by atoms with Crippen LogP contribution in [0, 0.1) is 5.92 Å². The van der Waals surface area contributed by atoms with Crippen molar-refractivity contribution in [3.63, 3.8) is 0 Å². The van der Waals surface area contributed by atoms with Crippen molar-refractivity contribution in [3.05, 3.63) is 23.4 Å². The predicted molar refractivity (Wildman–Crippen MR) is 124 cm³/mol. The zero-order chi connectivity index (χ0) is 19.1. The highest BCUT2D eigenvalue weighted by molar-refractivity contribution is 14.0. The largest absolute Gasteiger partial charge is 0.389 e. The molecule has 0 spiro atoms. The first-order chi connectivity index (χ1) is 13.2. The van der Waals surface area contributed by atoms with E-state index in [1.54, 1.807) is 6.20 Å². The van der Waals surface area contributed by atoms with E-state index in [9.17, 15) is 5.11 Å². The van der Waals surface area contributed by atoms with Crippen LogP contribution >= 0.6 is 35.6 Å². The molecule has 2 atom stereocenters. The fourth-order valence-electron chi connectivity index (χ4n) is 3.10. The number of anilines is 1. The Hall–Kier alpha value is -0.840. The number of hydrogen-bond donors (Lipinski definition) is 3. The molecule has 0 aromatic carbocycles. The summed E-state index contributed by atoms with van der Waals surface area (Å²) in [7, 11) is 0. The van der Waals surface area contributed by atoms with Crippen LogP contribution in [0.5, 0.6) is 0 Å². The summed E-state index contributed by atoms with van der Waals surface area (Å²) in [5, 5.41) is 17.4. The lowest BCUT2D eigenvalue weighted by Gasteiger charge is -2.20. The van der Waals surface area contributed by atoms with E-state index < -0.39 is 6.10 Å². The molecule has 1 aliphatic carbocycles. The molecule has 2 unspecified atom stereocenters. The number of aliphatic hydroxyl groups excluding tert-OH is 1. The third-order valence-corrected chi connectivity index (χ3v) is 5.03. The molecule has 1 aromatic heterocycles. The predicted octanol–water partition coefficient (Wildman–Crippen LogP) is 2.27. The molecule has 3 rings (SSSR count). The van der Waals surface area contributed by atoms with Gasteiger partial charge in [0.1, 0.15) is 5.82 Å². The summed E-state index contributed by atoms with van der Waals surface area (Å²) in [6.07, 6.45) is 4.67. The van der Waals surface area contributed by atoms with Gasteiger partial charge in [-0.05, 0) is 44.2 Å². The highest BCUT2D eigenvalue weighted by Crippen LogP contribution is 2.28. The summed E-state index contributed by atoms with van der Waals surface area (Å²) in [5.74, 6) is 2.25. The molecule has 0 radical (unpaired) electrons. The van der Waals surface area contributed by atoms with E-state index in [1.807, 2.05) is 19.1 Å². The number of pyridine rings is 1. The summed E-state index contributed by atoms with van der Waals surface area (Å²) in [4.78, 5) is 11.1. The molecule has 158 valence electrons. The van der Waals surface area contributed by atoms with Crippen molar-refractivity contribution in [1.82, 2.24) is 15.6 Å². The zero-order valence-electron chi connectivity index (χ0n) is 16.3. The fourth-order valence-corrected chi connectivity index (χ4v) is 3.34. The fraction of sp³-hybridized carbons (Fsp3) is 0.684. The minimum Gasteiger partial charge on any atom is -0.389 e. The number of ether oxygens (including phenoxy) is 1. The van der Waals surface area contributed by atoms with Crippen LogP contribution in [0.4, 0.5) is 5.82 Å². The normalized spacial score (nSPS) is 20.6. The van der Waals surface area contributed by atoms with Crippen LogP contribution in [0.25, 0.3) is 0 Å². The van der Waals surface area contributed by atoms with Gasteiger partial charge in [0.05, 0.1) is 24.3 Å². The second kappa shape index (κ2) is 12.0. The lowest BCUT2D eigenvalue weighted by atomic mass is 10.3. The standard InChI is InChI=1S/C19H30ClN5O2.HI/c1-2-21-19(23-10-16(26)13-27-12-14-5-6-14)24-15-7-9-25(11-15)18-17(20)4-3-8-22-18;/h3-4,8,14-16,26H,2,5-7,9-13H2,1H3,(H2,21,23,24);1H. The molecule has 2 aliphatic rings. The molecular formula is C19H31ClIN5O2. The molecule has 1 aliphatic heterocycles. The van der Waals surface area contributed by atoms with Gasteiger partial charge in [-0.2, -0.15) is 0 Å². The van der Waals surface area contributed by atoms with Crippen molar-refractivity contribution in [1.29, 1.82) is 0 Å². The van der Waals surface area contributed by atoms with Gasteiger partial charge in [0.25, 0.3) is 0 Å². The van der Waals surface area contributed by atoms with E-state index in [2.05, 4.69) is 25.5 Å². The maximum atomic E-state index is 10.1. The summed E-state index contributed by atoms with van der Waals surface area (Å²) in [6.45, 7) is 5.92. The summed E-state index contributed by atoms with van der Waals surface area (Å²) >= 11 is 6.26. The van der Waals surface area contributed by atoms with Gasteiger partial charge in [0.15, 0.2) is 5.96 Å². The molecule has 3 N–H and O–H groups in total. The molecule has 2 fully saturated rings. The van der Waals surface area contributed by atoms with E-state index in [-0.39, 0.29) is 30.0 Å². The van der Waals surface area contributed by atoms with E-state index >= 15 is 0 Å². The second-order valence-electron chi connectivity index (χ2n) is 7.24. The SMILES string of the molecule is CCNC(=NCC(O)COCC1CC1)NC1CCN(c2ncccc2Cl)C1.I. The Morgan fingerprint density at radius 2 is 2.29 bits per heavy atom. The second-order valence-corrected chi connectivity index (χ2v) is 7.65. The van der Waals surface area contributed by atoms with Crippen molar-refractivity contribution in [2.75, 3.05) is 44.3 Å². The van der Waals surface area contributed by atoms with Crippen LogP contribution < -0.4 is 15.5 Å². The highest BCUT2D eigenvalue weighted by atomic mass is 127. The first-order valence-electron chi connectivity index (χ1n) is 9.81. The first kappa shape index (κ1) is 23.4. The Labute approximate surface area is 189 Å². The third-order valence-electron chi connectivity index (χ3n) is 4.73. The van der Waals surface area contributed by atoms with Gasteiger partial charge in [-0.3, -0.25) is 4.99 Å². The Morgan fingerprint density at radius 1 is 1.46 bits per heavy atom. The smallest absolute Gasteiger partial charge is 0.191 e. The van der Waals surface area contributed by atoms with Crippen LogP contribution in [-0.4, -0.2) is 67.6 Å². The monoisotopic (exact) mass is 523 g/mol. The lowest BCUT2D eigenvalue weighted by molar-refractivity contribution is 0.0368. The van der Waals surface area contributed by atoms with Gasteiger partial charge in [-0.25, -0.2) is 4.98 Å². The number of aliphatic hydroxyl groups is 1. The average Bonchev–Trinajstić information content (AvgIpc) is 3.37. The van der Waals surface area contributed by atoms with E-state index in [0.29, 0.717) is 24.1 Å². The Morgan fingerprint density at radius 3 is 3.00 bits per heavy atom. The number of rotatable bonds is 9. The topological polar surface area (TPSA) is 82.0 Å². The van der Waals surface area contributed by atoms with Crippen molar-refractivity contribution in [3.8, 4) is 0 Å². The number of aliphatic imine (C=N–C) groups is 1. The number of aromatic nitrogens is 1. The Balaban J connectivity index is 0.00000280. The van der Waals surface area contributed by atoms with Gasteiger partial charge in [0, 0.05) is 38.5 Å². The van der Waals surface area contributed by atoms with Crippen LogP contribution in [-0.2, 0) is 4.74 Å². The summed E-state index contributed by atoms with van der Waals surface area (Å²) < 4.78 is 5.53. The van der Waals surface area contributed by atoms with Crippen molar-refractivity contribution in [2.24, 2.45) is 10.9 Å². The molecule has 0 amide bonds. The molecule has 9 heteroatoms. The molecule has 1 saturated carbocycles. The van der Waals surface area contributed by atoms with Gasteiger partial charge in [-0.15, -0.1) is 24.0 Å². The molecular weight excluding hydrogens is 493 g/mol. The van der Waals surface area contributed by atoms with E-state index in [4.69, 9.17) is 16.3 Å². The van der Waals surface area contributed by atoms with E-state index in [0.717, 1.165) is 44.4 Å². The number of hydrogen-bond acceptors (Lipinski definition) is 5. The zero-order valence-corrected chi connectivity index (χ0v) is 19.4. The summed E-state index contributed by atoms with van der Waals surface area (Å²) in [5.41, 5.74) is 0. The van der Waals surface area contributed by atoms with Crippen LogP contribution in [0.1, 0.15) is 26.2 Å². The number of guanidine groups is 1. The number of halogens is 2. The van der Waals surface area contributed by atoms with Crippen LogP contribution in [0.2, 0.25) is 5.02 Å². The third kappa shape index (κ3) is 7.53. The van der Waals surface area contributed by atoms with Crippen molar-refractivity contribution < 1.29 is 9.84 Å². The van der Waals surface area contributed by atoms with Crippen LogP contribution in [0.3, 0.4) is 0 Å². The number of nitrogens with one attached hydrogen (secondary N) is 2. The maximum Gasteiger partial charge on any atom is 0.191 e. The van der Waals surface area contributed by atoms with Gasteiger partial charge in [-0.1, -0.05) is 11.6 Å². The van der Waals surface area contributed by atoms with Gasteiger partial charge >= 0.3 is 0 Å². The van der Waals surface area contributed by atoms with Crippen molar-refractivity contribution in [2.45, 2.75) is 38.3 Å². The average molecular weight is 524 g/mol. The van der Waals surface area contributed by atoms with Gasteiger partial charge < -0.3 is 25.4 Å². The molecule has 1 saturated heterocycles. The first-order valence-corrected chi connectivity index (χ1v) is 10.2. The van der Waals surface area contributed by atoms with Gasteiger partial charge in [0.2, 0.25) is 0 Å². The van der Waals surface area contributed by atoms with E-state index in [1.165, 1.54) is 12.8 Å². The van der Waals surface area contributed by atoms with Crippen LogP contribution in [0.15, 0.2) is 23.3 Å².